The Morgan fingerprint density at radius 2 is 1.85 bits per heavy atom. The molecule has 0 saturated heterocycles. The first kappa shape index (κ1) is 18.2. The summed E-state index contributed by atoms with van der Waals surface area (Å²) in [6, 6.07) is 14.3. The van der Waals surface area contributed by atoms with Crippen molar-refractivity contribution >= 4 is 40.6 Å². The third kappa shape index (κ3) is 4.50. The number of carbonyl (C=O) groups is 2. The SMILES string of the molecule is CNC(=O)c1ccc(NC(=O)c2ccccc2SCc2cscn2)cc1. The smallest absolute Gasteiger partial charge is 0.256 e. The Labute approximate surface area is 159 Å². The fourth-order valence-electron chi connectivity index (χ4n) is 2.29. The lowest BCUT2D eigenvalue weighted by atomic mass is 10.1. The fourth-order valence-corrected chi connectivity index (χ4v) is 3.90. The van der Waals surface area contributed by atoms with Gasteiger partial charge in [0.2, 0.25) is 0 Å². The summed E-state index contributed by atoms with van der Waals surface area (Å²) in [7, 11) is 1.58. The van der Waals surface area contributed by atoms with Crippen LogP contribution in [0.2, 0.25) is 0 Å². The van der Waals surface area contributed by atoms with E-state index in [0.717, 1.165) is 10.6 Å². The van der Waals surface area contributed by atoms with E-state index in [4.69, 9.17) is 0 Å². The van der Waals surface area contributed by atoms with Gasteiger partial charge in [0.05, 0.1) is 16.8 Å². The predicted octanol–water partition coefficient (Wildman–Crippen LogP) is 4.05. The molecule has 0 fully saturated rings. The lowest BCUT2D eigenvalue weighted by Crippen LogP contribution is -2.18. The van der Waals surface area contributed by atoms with E-state index >= 15 is 0 Å². The molecule has 2 amide bonds. The highest BCUT2D eigenvalue weighted by Gasteiger charge is 2.12. The number of nitrogens with one attached hydrogen (secondary N) is 2. The van der Waals surface area contributed by atoms with Crippen molar-refractivity contribution in [1.29, 1.82) is 0 Å². The van der Waals surface area contributed by atoms with Gasteiger partial charge in [-0.1, -0.05) is 12.1 Å². The van der Waals surface area contributed by atoms with Gasteiger partial charge in [-0.3, -0.25) is 9.59 Å². The van der Waals surface area contributed by atoms with E-state index in [1.165, 1.54) is 0 Å². The Hall–Kier alpha value is -2.64. The summed E-state index contributed by atoms with van der Waals surface area (Å²) in [5.41, 5.74) is 4.60. The normalized spacial score (nSPS) is 10.3. The molecule has 2 N–H and O–H groups in total. The van der Waals surface area contributed by atoms with Crippen LogP contribution in [0.15, 0.2) is 64.3 Å². The summed E-state index contributed by atoms with van der Waals surface area (Å²) < 4.78 is 0. The van der Waals surface area contributed by atoms with Crippen molar-refractivity contribution in [3.05, 3.63) is 76.2 Å². The van der Waals surface area contributed by atoms with E-state index in [1.54, 1.807) is 66.0 Å². The molecular weight excluding hydrogens is 366 g/mol. The molecule has 0 atom stereocenters. The van der Waals surface area contributed by atoms with Gasteiger partial charge in [0.15, 0.2) is 0 Å². The van der Waals surface area contributed by atoms with Gasteiger partial charge in [0, 0.05) is 34.3 Å². The third-order valence-electron chi connectivity index (χ3n) is 3.62. The molecule has 0 bridgehead atoms. The first-order chi connectivity index (χ1) is 12.7. The van der Waals surface area contributed by atoms with Crippen LogP contribution in [0.5, 0.6) is 0 Å². The van der Waals surface area contributed by atoms with Crippen molar-refractivity contribution in [1.82, 2.24) is 10.3 Å². The van der Waals surface area contributed by atoms with Crippen LogP contribution >= 0.6 is 23.1 Å². The summed E-state index contributed by atoms with van der Waals surface area (Å²) in [5.74, 6) is 0.375. The number of hydrogen-bond donors (Lipinski definition) is 2. The first-order valence-electron chi connectivity index (χ1n) is 7.90. The highest BCUT2D eigenvalue weighted by molar-refractivity contribution is 7.98. The van der Waals surface area contributed by atoms with Gasteiger partial charge in [-0.15, -0.1) is 23.1 Å². The van der Waals surface area contributed by atoms with E-state index in [9.17, 15) is 9.59 Å². The Kier molecular flexibility index (Phi) is 6.04. The zero-order valence-corrected chi connectivity index (χ0v) is 15.7. The summed E-state index contributed by atoms with van der Waals surface area (Å²) in [4.78, 5) is 29.4. The number of hydrogen-bond acceptors (Lipinski definition) is 5. The summed E-state index contributed by atoms with van der Waals surface area (Å²) in [5, 5.41) is 7.45. The molecule has 7 heteroatoms. The van der Waals surface area contributed by atoms with E-state index in [2.05, 4.69) is 15.6 Å². The summed E-state index contributed by atoms with van der Waals surface area (Å²) in [6.07, 6.45) is 0. The van der Waals surface area contributed by atoms with Gasteiger partial charge in [0.1, 0.15) is 0 Å². The number of rotatable bonds is 6. The monoisotopic (exact) mass is 383 g/mol. The second-order valence-corrected chi connectivity index (χ2v) is 7.11. The first-order valence-corrected chi connectivity index (χ1v) is 9.82. The molecule has 0 unspecified atom stereocenters. The van der Waals surface area contributed by atoms with Crippen LogP contribution in [0, 0.1) is 0 Å². The predicted molar refractivity (Wildman–Crippen MR) is 106 cm³/mol. The molecule has 0 aliphatic carbocycles. The number of carbonyl (C=O) groups excluding carboxylic acids is 2. The number of amides is 2. The molecule has 0 saturated carbocycles. The Morgan fingerprint density at radius 1 is 1.08 bits per heavy atom. The van der Waals surface area contributed by atoms with Crippen LogP contribution in [-0.2, 0) is 5.75 Å². The minimum Gasteiger partial charge on any atom is -0.355 e. The molecule has 0 radical (unpaired) electrons. The van der Waals surface area contributed by atoms with Gasteiger partial charge < -0.3 is 10.6 Å². The van der Waals surface area contributed by atoms with Crippen molar-refractivity contribution in [2.75, 3.05) is 12.4 Å². The van der Waals surface area contributed by atoms with Crippen molar-refractivity contribution in [3.8, 4) is 0 Å². The second kappa shape index (κ2) is 8.64. The van der Waals surface area contributed by atoms with Gasteiger partial charge in [-0.25, -0.2) is 4.98 Å². The van der Waals surface area contributed by atoms with E-state index < -0.39 is 0 Å². The number of thiazole rings is 1. The number of thioether (sulfide) groups is 1. The van der Waals surface area contributed by atoms with Crippen LogP contribution in [0.3, 0.4) is 0 Å². The molecular formula is C19H17N3O2S2. The van der Waals surface area contributed by atoms with Crippen molar-refractivity contribution in [2.45, 2.75) is 10.6 Å². The number of benzene rings is 2. The van der Waals surface area contributed by atoms with Gasteiger partial charge in [0.25, 0.3) is 11.8 Å². The largest absolute Gasteiger partial charge is 0.355 e. The standard InChI is InChI=1S/C19H17N3O2S2/c1-20-18(23)13-6-8-14(9-7-13)22-19(24)16-4-2-3-5-17(16)26-11-15-10-25-12-21-15/h2-10,12H,11H2,1H3,(H,20,23)(H,22,24). The molecule has 132 valence electrons. The topological polar surface area (TPSA) is 71.1 Å². The maximum atomic E-state index is 12.7. The number of anilines is 1. The summed E-state index contributed by atoms with van der Waals surface area (Å²) >= 11 is 3.14. The second-order valence-electron chi connectivity index (χ2n) is 5.38. The Bertz CT molecular complexity index is 893. The lowest BCUT2D eigenvalue weighted by Gasteiger charge is -2.10. The minimum atomic E-state index is -0.181. The molecule has 2 aromatic carbocycles. The van der Waals surface area contributed by atoms with E-state index in [0.29, 0.717) is 22.6 Å². The van der Waals surface area contributed by atoms with E-state index in [1.807, 2.05) is 23.6 Å². The Balaban J connectivity index is 1.70. The lowest BCUT2D eigenvalue weighted by molar-refractivity contribution is 0.0962. The van der Waals surface area contributed by atoms with Crippen molar-refractivity contribution in [3.63, 3.8) is 0 Å². The van der Waals surface area contributed by atoms with Crippen molar-refractivity contribution < 1.29 is 9.59 Å². The molecule has 3 rings (SSSR count). The van der Waals surface area contributed by atoms with Crippen LogP contribution in [0.1, 0.15) is 26.4 Å². The van der Waals surface area contributed by atoms with Gasteiger partial charge in [-0.05, 0) is 36.4 Å². The average molecular weight is 383 g/mol. The molecule has 0 aliphatic rings. The molecule has 0 aliphatic heterocycles. The maximum absolute atomic E-state index is 12.7. The molecule has 3 aromatic rings. The molecule has 1 aromatic heterocycles. The Morgan fingerprint density at radius 3 is 2.54 bits per heavy atom. The maximum Gasteiger partial charge on any atom is 0.256 e. The van der Waals surface area contributed by atoms with Gasteiger partial charge in [-0.2, -0.15) is 0 Å². The van der Waals surface area contributed by atoms with Crippen LogP contribution in [0.25, 0.3) is 0 Å². The van der Waals surface area contributed by atoms with Crippen LogP contribution < -0.4 is 10.6 Å². The van der Waals surface area contributed by atoms with Crippen LogP contribution in [0.4, 0.5) is 5.69 Å². The molecule has 0 spiro atoms. The van der Waals surface area contributed by atoms with Crippen molar-refractivity contribution in [2.24, 2.45) is 0 Å². The van der Waals surface area contributed by atoms with E-state index in [-0.39, 0.29) is 11.8 Å². The molecule has 1 heterocycles. The summed E-state index contributed by atoms with van der Waals surface area (Å²) in [6.45, 7) is 0. The highest BCUT2D eigenvalue weighted by atomic mass is 32.2. The molecule has 5 nitrogen and oxygen atoms in total. The highest BCUT2D eigenvalue weighted by Crippen LogP contribution is 2.27. The average Bonchev–Trinajstić information content (AvgIpc) is 3.20. The zero-order valence-electron chi connectivity index (χ0n) is 14.1. The number of nitrogens with zero attached hydrogens (tertiary/aromatic N) is 1. The zero-order chi connectivity index (χ0) is 18.4. The van der Waals surface area contributed by atoms with Crippen LogP contribution in [-0.4, -0.2) is 23.8 Å². The fraction of sp³-hybridized carbons (Fsp3) is 0.105. The molecule has 26 heavy (non-hydrogen) atoms. The third-order valence-corrected chi connectivity index (χ3v) is 5.37. The number of aromatic nitrogens is 1. The quantitative estimate of drug-likeness (QED) is 0.630. The minimum absolute atomic E-state index is 0.160. The van der Waals surface area contributed by atoms with Gasteiger partial charge >= 0.3 is 0 Å².